The average molecular weight is 1030 g/mol. The van der Waals surface area contributed by atoms with E-state index in [-0.39, 0.29) is 63.4 Å². The topological polar surface area (TPSA) is 236 Å². The van der Waals surface area contributed by atoms with Gasteiger partial charge in [-0.05, 0) is 63.2 Å². The van der Waals surface area contributed by atoms with Crippen LogP contribution in [0.5, 0.6) is 0 Å². The van der Waals surface area contributed by atoms with Crippen LogP contribution in [-0.4, -0.2) is 130 Å². The van der Waals surface area contributed by atoms with Crippen LogP contribution < -0.4 is 0 Å². The number of methoxy groups -OCH3 is 1. The van der Waals surface area contributed by atoms with Gasteiger partial charge in [0.2, 0.25) is 5.79 Å². The number of benzene rings is 1. The fourth-order valence-electron chi connectivity index (χ4n) is 11.0. The van der Waals surface area contributed by atoms with Gasteiger partial charge in [0, 0.05) is 92.0 Å². The number of para-hydroxylation sites is 1. The number of ether oxygens (including phenoxy) is 8. The molecule has 5 unspecified atom stereocenters. The lowest BCUT2D eigenvalue weighted by molar-refractivity contribution is -0.327. The van der Waals surface area contributed by atoms with Crippen molar-refractivity contribution in [1.29, 1.82) is 0 Å². The number of carbonyl (C=O) groups excluding carboxylic acids is 5. The van der Waals surface area contributed by atoms with Crippen LogP contribution >= 0.6 is 0 Å². The first kappa shape index (κ1) is 58.1. The zero-order chi connectivity index (χ0) is 54.1. The minimum absolute atomic E-state index is 0.0442. The highest BCUT2D eigenvalue weighted by Gasteiger charge is 2.61. The average Bonchev–Trinajstić information content (AvgIpc) is 3.74. The van der Waals surface area contributed by atoms with Crippen molar-refractivity contribution in [3.63, 3.8) is 0 Å². The Morgan fingerprint density at radius 2 is 1.72 bits per heavy atom. The fraction of sp³-hybridized carbons (Fsp3) is 0.632. The third kappa shape index (κ3) is 14.0. The molecule has 1 aromatic heterocycles. The van der Waals surface area contributed by atoms with E-state index in [1.165, 1.54) is 33.1 Å². The maximum Gasteiger partial charge on any atom is 0.331 e. The largest absolute Gasteiger partial charge is 0.466 e. The molecule has 4 aliphatic heterocycles. The van der Waals surface area contributed by atoms with E-state index in [0.717, 1.165) is 35.4 Å². The van der Waals surface area contributed by atoms with Crippen LogP contribution in [0.2, 0.25) is 0 Å². The molecule has 408 valence electrons. The molecule has 2 aromatic rings. The lowest BCUT2D eigenvalue weighted by Gasteiger charge is -2.57. The number of cyclic esters (lactones) is 1. The Hall–Kier alpha value is -5.17. The van der Waals surface area contributed by atoms with Crippen molar-refractivity contribution in [2.45, 2.75) is 205 Å². The van der Waals surface area contributed by atoms with Gasteiger partial charge in [-0.1, -0.05) is 89.6 Å². The van der Waals surface area contributed by atoms with E-state index in [0.29, 0.717) is 12.8 Å². The van der Waals surface area contributed by atoms with Gasteiger partial charge < -0.3 is 58.2 Å². The number of aliphatic hydroxyl groups is 3. The van der Waals surface area contributed by atoms with Gasteiger partial charge in [0.25, 0.3) is 0 Å². The van der Waals surface area contributed by atoms with Crippen LogP contribution in [0, 0.1) is 10.8 Å². The van der Waals surface area contributed by atoms with Gasteiger partial charge >= 0.3 is 29.8 Å². The van der Waals surface area contributed by atoms with Crippen molar-refractivity contribution in [3.05, 3.63) is 84.1 Å². The summed E-state index contributed by atoms with van der Waals surface area (Å²) in [5.74, 6) is -5.64. The number of allylic oxidation sites excluding steroid dienone is 3. The second kappa shape index (κ2) is 24.7. The third-order valence-corrected chi connectivity index (χ3v) is 15.3. The zero-order valence-corrected chi connectivity index (χ0v) is 44.6. The molecule has 74 heavy (non-hydrogen) atoms. The molecule has 5 heterocycles. The highest BCUT2D eigenvalue weighted by Crippen LogP contribution is 2.53. The van der Waals surface area contributed by atoms with Gasteiger partial charge in [0.05, 0.1) is 43.7 Å². The first-order chi connectivity index (χ1) is 35.0. The zero-order valence-electron chi connectivity index (χ0n) is 44.6. The van der Waals surface area contributed by atoms with E-state index < -0.39 is 113 Å². The minimum atomic E-state index is -2.45. The molecular weight excluding hydrogens is 955 g/mol. The van der Waals surface area contributed by atoms with Crippen LogP contribution in [-0.2, 0) is 68.3 Å². The molecule has 17 nitrogen and oxygen atoms in total. The summed E-state index contributed by atoms with van der Waals surface area (Å²) in [6.45, 7) is 13.2. The van der Waals surface area contributed by atoms with Crippen molar-refractivity contribution in [3.8, 4) is 0 Å². The maximum absolute atomic E-state index is 13.9. The smallest absolute Gasteiger partial charge is 0.331 e. The van der Waals surface area contributed by atoms with Gasteiger partial charge in [0.15, 0.2) is 6.10 Å². The summed E-state index contributed by atoms with van der Waals surface area (Å²) in [4.78, 5) is 70.1. The van der Waals surface area contributed by atoms with E-state index in [1.807, 2.05) is 64.2 Å². The van der Waals surface area contributed by atoms with Crippen LogP contribution in [0.3, 0.4) is 0 Å². The lowest BCUT2D eigenvalue weighted by atomic mass is 9.62. The van der Waals surface area contributed by atoms with Crippen molar-refractivity contribution in [2.24, 2.45) is 10.8 Å². The van der Waals surface area contributed by atoms with E-state index in [9.17, 15) is 39.3 Å². The van der Waals surface area contributed by atoms with Crippen LogP contribution in [0.15, 0.2) is 78.6 Å². The number of aromatic nitrogens is 1. The number of rotatable bonds is 13. The molecule has 0 saturated carbocycles. The molecule has 0 amide bonds. The SMILES string of the molecule is CCC/C=C/C=C/C(=O)O[C@H]1/C(=C/C(=O)OC)CC2C[C@H]([C@@H](C)O)OC(=O)CCCC3C[C@H](OC(C)=O)C(C)(C)C(CO)(CC4(C)C[C@H](OC(=O)CCc5c[nH]c6ccccc56)C[C@H](/C=C/C(C)(C)C1(O)O2)O4)O3. The molecule has 11 atom stereocenters. The summed E-state index contributed by atoms with van der Waals surface area (Å²) in [5.41, 5.74) is -3.03. The van der Waals surface area contributed by atoms with Gasteiger partial charge in [-0.25, -0.2) is 9.59 Å². The summed E-state index contributed by atoms with van der Waals surface area (Å²) in [5, 5.41) is 36.8. The summed E-state index contributed by atoms with van der Waals surface area (Å²) >= 11 is 0. The fourth-order valence-corrected chi connectivity index (χ4v) is 11.0. The third-order valence-electron chi connectivity index (χ3n) is 15.3. The molecule has 0 aliphatic carbocycles. The Morgan fingerprint density at radius 1 is 0.959 bits per heavy atom. The second-order valence-corrected chi connectivity index (χ2v) is 21.9. The van der Waals surface area contributed by atoms with Crippen molar-refractivity contribution >= 4 is 40.7 Å². The number of hydrogen-bond donors (Lipinski definition) is 4. The van der Waals surface area contributed by atoms with Gasteiger partial charge in [-0.3, -0.25) is 14.4 Å². The molecule has 3 saturated heterocycles. The summed E-state index contributed by atoms with van der Waals surface area (Å²) in [6, 6.07) is 7.84. The Morgan fingerprint density at radius 3 is 2.42 bits per heavy atom. The predicted octanol–water partition coefficient (Wildman–Crippen LogP) is 7.67. The van der Waals surface area contributed by atoms with Crippen LogP contribution in [0.25, 0.3) is 10.9 Å². The summed E-state index contributed by atoms with van der Waals surface area (Å²) in [6.07, 6.45) is 8.04. The number of esters is 5. The molecule has 0 spiro atoms. The molecule has 4 aliphatic rings. The van der Waals surface area contributed by atoms with Crippen molar-refractivity contribution in [2.75, 3.05) is 13.7 Å². The normalized spacial score (nSPS) is 33.1. The number of aryl methyl sites for hydroxylation is 1. The minimum Gasteiger partial charge on any atom is -0.466 e. The molecular formula is C57H79NO16. The number of fused-ring (bicyclic) bond motifs is 7. The number of aliphatic hydroxyl groups excluding tert-OH is 2. The van der Waals surface area contributed by atoms with E-state index in [1.54, 1.807) is 32.1 Å². The van der Waals surface area contributed by atoms with E-state index >= 15 is 0 Å². The molecule has 3 fully saturated rings. The summed E-state index contributed by atoms with van der Waals surface area (Å²) < 4.78 is 49.9. The molecule has 17 heteroatoms. The van der Waals surface area contributed by atoms with Crippen LogP contribution in [0.4, 0.5) is 0 Å². The predicted molar refractivity (Wildman–Crippen MR) is 273 cm³/mol. The monoisotopic (exact) mass is 1030 g/mol. The molecule has 4 N–H and O–H groups in total. The van der Waals surface area contributed by atoms with Gasteiger partial charge in [0.1, 0.15) is 23.9 Å². The first-order valence-corrected chi connectivity index (χ1v) is 26.1. The van der Waals surface area contributed by atoms with Gasteiger partial charge in [-0.15, -0.1) is 0 Å². The number of H-pyrrole nitrogens is 1. The lowest BCUT2D eigenvalue weighted by Crippen LogP contribution is -2.65. The first-order valence-electron chi connectivity index (χ1n) is 26.1. The number of nitrogens with one attached hydrogen (secondary N) is 1. The number of unbranched alkanes of at least 4 members (excludes halogenated alkanes) is 1. The highest BCUT2D eigenvalue weighted by atomic mass is 16.7. The Bertz CT molecular complexity index is 2420. The van der Waals surface area contributed by atoms with E-state index in [4.69, 9.17) is 37.9 Å². The van der Waals surface area contributed by atoms with Gasteiger partial charge in [-0.2, -0.15) is 0 Å². The highest BCUT2D eigenvalue weighted by molar-refractivity contribution is 5.85. The Labute approximate surface area is 435 Å². The number of carbonyl (C=O) groups is 5. The van der Waals surface area contributed by atoms with Crippen molar-refractivity contribution < 1.29 is 77.2 Å². The molecule has 6 rings (SSSR count). The number of aromatic amines is 1. The van der Waals surface area contributed by atoms with E-state index in [2.05, 4.69) is 4.98 Å². The molecule has 1 aromatic carbocycles. The summed E-state index contributed by atoms with van der Waals surface area (Å²) in [7, 11) is 1.19. The Kier molecular flexibility index (Phi) is 19.4. The molecule has 6 bridgehead atoms. The number of hydrogen-bond acceptors (Lipinski definition) is 16. The standard InChI is InChI=1S/C57H79NO16/c1-10-11-12-13-14-21-49(63)71-52-39(28-51(65)67-9)27-42-30-46(36(2)60)70-48(62)22-17-18-40-31-47(68-37(3)61)54(6,7)56(35-59,73-40)34-55(8)32-43(29-41(72-55)25-26-53(4,5)57(52,66)74-42)69-50(64)24-23-38-33-58-45-20-16-15-19-44(38)45/h12-16,19-21,25-26,28,33,36,40-43,46-47,52,58-60,66H,10-11,17-18,22-24,27,29-32,34-35H2,1-9H3/b13-12+,21-14+,26-25+,39-28+/t36-,40?,41+,42?,43-,46-,47+,52+,55?,56?,57?/m1/s1. The Balaban J connectivity index is 1.44. The maximum atomic E-state index is 13.9. The molecule has 0 radical (unpaired) electrons. The quantitative estimate of drug-likeness (QED) is 0.0495. The van der Waals surface area contributed by atoms with Crippen LogP contribution in [0.1, 0.15) is 138 Å². The van der Waals surface area contributed by atoms with Crippen molar-refractivity contribution in [1.82, 2.24) is 4.98 Å². The second-order valence-electron chi connectivity index (χ2n) is 21.9.